The van der Waals surface area contributed by atoms with Crippen LogP contribution in [0, 0.1) is 0 Å². The van der Waals surface area contributed by atoms with E-state index in [4.69, 9.17) is 9.47 Å². The molecule has 148 valence electrons. The van der Waals surface area contributed by atoms with Crippen LogP contribution in [-0.4, -0.2) is 39.6 Å². The zero-order valence-electron chi connectivity index (χ0n) is 15.7. The summed E-state index contributed by atoms with van der Waals surface area (Å²) in [5.41, 5.74) is 1.42. The number of fused-ring (bicyclic) bond motifs is 1. The molecule has 2 aliphatic rings. The number of hydrogen-bond donors (Lipinski definition) is 0. The van der Waals surface area contributed by atoms with E-state index in [1.807, 2.05) is 24.3 Å². The molecule has 8 heteroatoms. The highest BCUT2D eigenvalue weighted by Gasteiger charge is 2.37. The highest BCUT2D eigenvalue weighted by atomic mass is 32.2. The highest BCUT2D eigenvalue weighted by molar-refractivity contribution is 7.93. The Kier molecular flexibility index (Phi) is 3.92. The lowest BCUT2D eigenvalue weighted by Crippen LogP contribution is -2.39. The van der Waals surface area contributed by atoms with E-state index in [1.54, 1.807) is 37.4 Å². The third kappa shape index (κ3) is 2.79. The van der Waals surface area contributed by atoms with Crippen molar-refractivity contribution >= 4 is 32.4 Å². The lowest BCUT2D eigenvalue weighted by Gasteiger charge is -2.23. The SMILES string of the molecule is CN(Cc1ccc2c(c1)OCO2)C(=O)CN1c2cccc3cccc(c23)S1(=O)=O. The lowest BCUT2D eigenvalue weighted by atomic mass is 10.1. The highest BCUT2D eigenvalue weighted by Crippen LogP contribution is 2.41. The van der Waals surface area contributed by atoms with Crippen molar-refractivity contribution in [3.05, 3.63) is 60.2 Å². The van der Waals surface area contributed by atoms with E-state index < -0.39 is 10.0 Å². The van der Waals surface area contributed by atoms with E-state index in [9.17, 15) is 13.2 Å². The van der Waals surface area contributed by atoms with Crippen LogP contribution >= 0.6 is 0 Å². The van der Waals surface area contributed by atoms with Crippen molar-refractivity contribution in [2.75, 3.05) is 24.7 Å². The van der Waals surface area contributed by atoms with Crippen LogP contribution in [0.3, 0.4) is 0 Å². The van der Waals surface area contributed by atoms with E-state index in [1.165, 1.54) is 9.21 Å². The molecule has 0 saturated heterocycles. The molecular formula is C21H18N2O5S. The van der Waals surface area contributed by atoms with Crippen LogP contribution in [0.5, 0.6) is 11.5 Å². The largest absolute Gasteiger partial charge is 0.454 e. The Bertz CT molecular complexity index is 1250. The molecule has 2 aliphatic heterocycles. The summed E-state index contributed by atoms with van der Waals surface area (Å²) in [5, 5.41) is 1.51. The first-order valence-electron chi connectivity index (χ1n) is 9.12. The Morgan fingerprint density at radius 2 is 1.83 bits per heavy atom. The Labute approximate surface area is 168 Å². The van der Waals surface area contributed by atoms with Crippen molar-refractivity contribution < 1.29 is 22.7 Å². The van der Waals surface area contributed by atoms with E-state index in [0.29, 0.717) is 29.1 Å². The first kappa shape index (κ1) is 17.8. The zero-order chi connectivity index (χ0) is 20.2. The first-order chi connectivity index (χ1) is 13.9. The van der Waals surface area contributed by atoms with Crippen molar-refractivity contribution in [3.8, 4) is 11.5 Å². The van der Waals surface area contributed by atoms with Gasteiger partial charge in [-0.2, -0.15) is 0 Å². The summed E-state index contributed by atoms with van der Waals surface area (Å²) >= 11 is 0. The van der Waals surface area contributed by atoms with Crippen molar-refractivity contribution in [2.24, 2.45) is 0 Å². The van der Waals surface area contributed by atoms with Gasteiger partial charge in [0.2, 0.25) is 12.7 Å². The molecule has 0 fully saturated rings. The standard InChI is InChI=1S/C21H18N2O5S/c1-22(11-14-8-9-17-18(10-14)28-13-27-17)20(24)12-23-16-6-2-4-15-5-3-7-19(21(15)16)29(23,25)26/h2-10H,11-13H2,1H3. The minimum atomic E-state index is -3.76. The molecule has 7 nitrogen and oxygen atoms in total. The molecule has 29 heavy (non-hydrogen) atoms. The average Bonchev–Trinajstić information content (AvgIpc) is 3.26. The molecule has 0 aromatic heterocycles. The predicted molar refractivity (Wildman–Crippen MR) is 108 cm³/mol. The topological polar surface area (TPSA) is 76.2 Å². The number of amides is 1. The molecule has 0 aliphatic carbocycles. The van der Waals surface area contributed by atoms with Gasteiger partial charge in [0.15, 0.2) is 11.5 Å². The average molecular weight is 410 g/mol. The summed E-state index contributed by atoms with van der Waals surface area (Å²) in [6.07, 6.45) is 0. The van der Waals surface area contributed by atoms with Crippen LogP contribution < -0.4 is 13.8 Å². The molecule has 0 radical (unpaired) electrons. The van der Waals surface area contributed by atoms with Gasteiger partial charge < -0.3 is 14.4 Å². The Morgan fingerprint density at radius 1 is 1.07 bits per heavy atom. The molecule has 0 atom stereocenters. The maximum Gasteiger partial charge on any atom is 0.265 e. The maximum atomic E-state index is 13.0. The molecule has 5 rings (SSSR count). The molecule has 0 spiro atoms. The van der Waals surface area contributed by atoms with Crippen molar-refractivity contribution in [1.29, 1.82) is 0 Å². The van der Waals surface area contributed by atoms with E-state index in [0.717, 1.165) is 10.9 Å². The summed E-state index contributed by atoms with van der Waals surface area (Å²) < 4.78 is 37.9. The molecule has 0 bridgehead atoms. The van der Waals surface area contributed by atoms with Gasteiger partial charge in [0.25, 0.3) is 10.0 Å². The number of anilines is 1. The van der Waals surface area contributed by atoms with E-state index in [-0.39, 0.29) is 24.1 Å². The summed E-state index contributed by atoms with van der Waals surface area (Å²) in [7, 11) is -2.10. The number of benzene rings is 3. The summed E-state index contributed by atoms with van der Waals surface area (Å²) in [6, 6.07) is 16.1. The third-order valence-electron chi connectivity index (χ3n) is 5.24. The lowest BCUT2D eigenvalue weighted by molar-refractivity contribution is -0.128. The Morgan fingerprint density at radius 3 is 2.66 bits per heavy atom. The molecule has 0 unspecified atom stereocenters. The Hall–Kier alpha value is -3.26. The van der Waals surface area contributed by atoms with Gasteiger partial charge >= 0.3 is 0 Å². The fourth-order valence-corrected chi connectivity index (χ4v) is 5.43. The van der Waals surface area contributed by atoms with Crippen molar-refractivity contribution in [3.63, 3.8) is 0 Å². The number of carbonyl (C=O) groups excluding carboxylic acids is 1. The molecular weight excluding hydrogens is 392 g/mol. The predicted octanol–water partition coefficient (Wildman–Crippen LogP) is 2.74. The monoisotopic (exact) mass is 410 g/mol. The first-order valence-corrected chi connectivity index (χ1v) is 10.6. The zero-order valence-corrected chi connectivity index (χ0v) is 16.5. The maximum absolute atomic E-state index is 13.0. The van der Waals surface area contributed by atoms with Crippen molar-refractivity contribution in [2.45, 2.75) is 11.4 Å². The van der Waals surface area contributed by atoms with Gasteiger partial charge in [0.05, 0.1) is 10.6 Å². The molecule has 3 aromatic carbocycles. The number of nitrogens with zero attached hydrogens (tertiary/aromatic N) is 2. The summed E-state index contributed by atoms with van der Waals surface area (Å²) in [6.45, 7) is 0.268. The van der Waals surface area contributed by atoms with Gasteiger partial charge in [-0.1, -0.05) is 30.3 Å². The van der Waals surface area contributed by atoms with Gasteiger partial charge in [-0.3, -0.25) is 9.10 Å². The number of likely N-dealkylation sites (N-methyl/N-ethyl adjacent to an activating group) is 1. The van der Waals surface area contributed by atoms with Gasteiger partial charge in [-0.05, 0) is 35.2 Å². The van der Waals surface area contributed by atoms with Crippen LogP contribution in [0.1, 0.15) is 5.56 Å². The normalized spacial score (nSPS) is 15.7. The fourth-order valence-electron chi connectivity index (χ4n) is 3.77. The fraction of sp³-hybridized carbons (Fsp3) is 0.190. The quantitative estimate of drug-likeness (QED) is 0.661. The van der Waals surface area contributed by atoms with E-state index in [2.05, 4.69) is 0 Å². The number of carbonyl (C=O) groups is 1. The van der Waals surface area contributed by atoms with Crippen LogP contribution in [0.2, 0.25) is 0 Å². The number of rotatable bonds is 4. The number of ether oxygens (including phenoxy) is 2. The minimum Gasteiger partial charge on any atom is -0.454 e. The molecule has 0 saturated carbocycles. The number of hydrogen-bond acceptors (Lipinski definition) is 5. The molecule has 2 heterocycles. The van der Waals surface area contributed by atoms with Crippen LogP contribution in [0.25, 0.3) is 10.8 Å². The van der Waals surface area contributed by atoms with Gasteiger partial charge in [0.1, 0.15) is 6.54 Å². The third-order valence-corrected chi connectivity index (χ3v) is 7.04. The second-order valence-electron chi connectivity index (χ2n) is 7.08. The Balaban J connectivity index is 1.39. The number of sulfonamides is 1. The van der Waals surface area contributed by atoms with Crippen LogP contribution in [0.4, 0.5) is 5.69 Å². The van der Waals surface area contributed by atoms with Crippen LogP contribution in [-0.2, 0) is 21.4 Å². The second-order valence-corrected chi connectivity index (χ2v) is 8.91. The summed E-state index contributed by atoms with van der Waals surface area (Å²) in [4.78, 5) is 14.6. The molecule has 3 aromatic rings. The van der Waals surface area contributed by atoms with Crippen LogP contribution in [0.15, 0.2) is 59.5 Å². The minimum absolute atomic E-state index is 0.187. The van der Waals surface area contributed by atoms with E-state index >= 15 is 0 Å². The second kappa shape index (κ2) is 6.38. The molecule has 0 N–H and O–H groups in total. The van der Waals surface area contributed by atoms with Gasteiger partial charge in [-0.25, -0.2) is 8.42 Å². The summed E-state index contributed by atoms with van der Waals surface area (Å²) in [5.74, 6) is 1.03. The van der Waals surface area contributed by atoms with Gasteiger partial charge in [0, 0.05) is 19.0 Å². The molecule has 1 amide bonds. The smallest absolute Gasteiger partial charge is 0.265 e. The van der Waals surface area contributed by atoms with Crippen molar-refractivity contribution in [1.82, 2.24) is 4.90 Å². The van der Waals surface area contributed by atoms with Gasteiger partial charge in [-0.15, -0.1) is 0 Å².